The van der Waals surface area contributed by atoms with Gasteiger partial charge in [0, 0.05) is 25.6 Å². The number of piperidine rings is 1. The maximum absolute atomic E-state index is 13.1. The standard InChI is InChI=1S/C22H24ClF3N2O3S/c1-15(16-5-3-2-4-6-16)14-27-21(29)17-9-11-28(12-10-17)32(30,31)18-7-8-20(23)19(13-18)22(24,25)26/h2-8,13,15,17H,9-12,14H2,1H3,(H,27,29). The van der Waals surface area contributed by atoms with E-state index in [-0.39, 0.29) is 30.8 Å². The zero-order valence-electron chi connectivity index (χ0n) is 17.4. The SMILES string of the molecule is CC(CNC(=O)C1CCN(S(=O)(=O)c2ccc(Cl)c(C(F)(F)F)c2)CC1)c1ccccc1. The van der Waals surface area contributed by atoms with Crippen LogP contribution in [0.25, 0.3) is 0 Å². The van der Waals surface area contributed by atoms with Crippen molar-refractivity contribution in [2.45, 2.75) is 36.8 Å². The summed E-state index contributed by atoms with van der Waals surface area (Å²) in [5, 5.41) is 2.36. The molecule has 1 saturated heterocycles. The van der Waals surface area contributed by atoms with Crippen LogP contribution in [0, 0.1) is 5.92 Å². The van der Waals surface area contributed by atoms with Crippen LogP contribution in [0.15, 0.2) is 53.4 Å². The van der Waals surface area contributed by atoms with Crippen LogP contribution in [0.3, 0.4) is 0 Å². The number of hydrogen-bond acceptors (Lipinski definition) is 3. The number of sulfonamides is 1. The van der Waals surface area contributed by atoms with Crippen molar-refractivity contribution in [2.75, 3.05) is 19.6 Å². The van der Waals surface area contributed by atoms with Gasteiger partial charge in [0.05, 0.1) is 15.5 Å². The van der Waals surface area contributed by atoms with Gasteiger partial charge in [0.1, 0.15) is 0 Å². The molecule has 0 bridgehead atoms. The number of hydrogen-bond donors (Lipinski definition) is 1. The topological polar surface area (TPSA) is 66.5 Å². The summed E-state index contributed by atoms with van der Waals surface area (Å²) >= 11 is 5.59. The third-order valence-electron chi connectivity index (χ3n) is 5.66. The lowest BCUT2D eigenvalue weighted by Gasteiger charge is -2.31. The number of carbonyl (C=O) groups excluding carboxylic acids is 1. The van der Waals surface area contributed by atoms with Gasteiger partial charge in [-0.25, -0.2) is 8.42 Å². The van der Waals surface area contributed by atoms with Crippen molar-refractivity contribution in [1.29, 1.82) is 0 Å². The molecule has 1 fully saturated rings. The van der Waals surface area contributed by atoms with Crippen LogP contribution in [-0.4, -0.2) is 38.3 Å². The monoisotopic (exact) mass is 488 g/mol. The predicted molar refractivity (Wildman–Crippen MR) is 116 cm³/mol. The minimum absolute atomic E-state index is 0.0542. The Morgan fingerprint density at radius 3 is 2.38 bits per heavy atom. The summed E-state index contributed by atoms with van der Waals surface area (Å²) in [7, 11) is -4.13. The molecule has 10 heteroatoms. The highest BCUT2D eigenvalue weighted by molar-refractivity contribution is 7.89. The normalized spacial score (nSPS) is 17.2. The van der Waals surface area contributed by atoms with Gasteiger partial charge in [-0.1, -0.05) is 48.9 Å². The Morgan fingerprint density at radius 1 is 1.16 bits per heavy atom. The number of nitrogens with one attached hydrogen (secondary N) is 1. The van der Waals surface area contributed by atoms with Crippen molar-refractivity contribution < 1.29 is 26.4 Å². The maximum Gasteiger partial charge on any atom is 0.417 e. The van der Waals surface area contributed by atoms with Gasteiger partial charge in [-0.2, -0.15) is 17.5 Å². The second-order valence-electron chi connectivity index (χ2n) is 7.87. The molecule has 0 aromatic heterocycles. The quantitative estimate of drug-likeness (QED) is 0.642. The molecule has 3 rings (SSSR count). The third kappa shape index (κ3) is 5.63. The van der Waals surface area contributed by atoms with E-state index in [0.717, 1.165) is 22.0 Å². The summed E-state index contributed by atoms with van der Waals surface area (Å²) < 4.78 is 66.1. The van der Waals surface area contributed by atoms with E-state index in [4.69, 9.17) is 11.6 Å². The first-order valence-corrected chi connectivity index (χ1v) is 12.0. The van der Waals surface area contributed by atoms with Crippen LogP contribution in [0.1, 0.15) is 36.8 Å². The fraction of sp³-hybridized carbons (Fsp3) is 0.409. The second kappa shape index (κ2) is 9.80. The van der Waals surface area contributed by atoms with Crippen LogP contribution in [0.2, 0.25) is 5.02 Å². The van der Waals surface area contributed by atoms with Gasteiger partial charge in [0.15, 0.2) is 0 Å². The molecule has 174 valence electrons. The summed E-state index contributed by atoms with van der Waals surface area (Å²) in [4.78, 5) is 12.1. The Labute approximate surface area is 190 Å². The molecule has 1 N–H and O–H groups in total. The zero-order chi connectivity index (χ0) is 23.5. The Balaban J connectivity index is 1.59. The van der Waals surface area contributed by atoms with Gasteiger partial charge in [-0.3, -0.25) is 4.79 Å². The minimum Gasteiger partial charge on any atom is -0.355 e. The number of carbonyl (C=O) groups is 1. The van der Waals surface area contributed by atoms with Crippen LogP contribution >= 0.6 is 11.6 Å². The van der Waals surface area contributed by atoms with Gasteiger partial charge in [0.2, 0.25) is 15.9 Å². The molecule has 0 aliphatic carbocycles. The summed E-state index contributed by atoms with van der Waals surface area (Å²) in [6, 6.07) is 12.3. The molecule has 2 aromatic rings. The number of rotatable bonds is 6. The van der Waals surface area contributed by atoms with Crippen molar-refractivity contribution in [1.82, 2.24) is 9.62 Å². The van der Waals surface area contributed by atoms with Crippen molar-refractivity contribution in [2.24, 2.45) is 5.92 Å². The summed E-state index contributed by atoms with van der Waals surface area (Å²) in [6.45, 7) is 2.58. The summed E-state index contributed by atoms with van der Waals surface area (Å²) in [6.07, 6.45) is -4.17. The Morgan fingerprint density at radius 2 is 1.78 bits per heavy atom. The van der Waals surface area contributed by atoms with Gasteiger partial charge in [-0.05, 0) is 42.5 Å². The van der Waals surface area contributed by atoms with E-state index in [0.29, 0.717) is 25.5 Å². The van der Waals surface area contributed by atoms with E-state index in [1.165, 1.54) is 0 Å². The highest BCUT2D eigenvalue weighted by atomic mass is 35.5. The third-order valence-corrected chi connectivity index (χ3v) is 7.88. The molecule has 0 radical (unpaired) electrons. The highest BCUT2D eigenvalue weighted by Gasteiger charge is 2.37. The smallest absolute Gasteiger partial charge is 0.355 e. The Kier molecular flexibility index (Phi) is 7.52. The lowest BCUT2D eigenvalue weighted by atomic mass is 9.96. The molecule has 5 nitrogen and oxygen atoms in total. The molecule has 32 heavy (non-hydrogen) atoms. The van der Waals surface area contributed by atoms with E-state index < -0.39 is 31.7 Å². The lowest BCUT2D eigenvalue weighted by molar-refractivity contribution is -0.137. The highest BCUT2D eigenvalue weighted by Crippen LogP contribution is 2.36. The van der Waals surface area contributed by atoms with Crippen molar-refractivity contribution in [3.63, 3.8) is 0 Å². The fourth-order valence-electron chi connectivity index (χ4n) is 3.69. The molecule has 1 amide bonds. The van der Waals surface area contributed by atoms with Crippen LogP contribution in [0.5, 0.6) is 0 Å². The van der Waals surface area contributed by atoms with Gasteiger partial charge in [-0.15, -0.1) is 0 Å². The summed E-state index contributed by atoms with van der Waals surface area (Å²) in [5.74, 6) is -0.357. The van der Waals surface area contributed by atoms with E-state index in [2.05, 4.69) is 5.32 Å². The van der Waals surface area contributed by atoms with Crippen molar-refractivity contribution in [3.8, 4) is 0 Å². The molecule has 1 aliphatic heterocycles. The van der Waals surface area contributed by atoms with E-state index in [9.17, 15) is 26.4 Å². The van der Waals surface area contributed by atoms with Crippen molar-refractivity contribution >= 4 is 27.5 Å². The molecular formula is C22H24ClF3N2O3S. The maximum atomic E-state index is 13.1. The van der Waals surface area contributed by atoms with E-state index in [1.807, 2.05) is 37.3 Å². The molecular weight excluding hydrogens is 465 g/mol. The molecule has 0 saturated carbocycles. The molecule has 1 unspecified atom stereocenters. The lowest BCUT2D eigenvalue weighted by Crippen LogP contribution is -2.43. The molecule has 0 spiro atoms. The first-order chi connectivity index (χ1) is 15.0. The van der Waals surface area contributed by atoms with Crippen LogP contribution in [-0.2, 0) is 21.0 Å². The molecule has 1 aliphatic rings. The minimum atomic E-state index is -4.76. The largest absolute Gasteiger partial charge is 0.417 e. The zero-order valence-corrected chi connectivity index (χ0v) is 19.0. The Bertz CT molecular complexity index is 1050. The average molecular weight is 489 g/mol. The molecule has 1 heterocycles. The predicted octanol–water partition coefficient (Wildman–Crippen LogP) is 4.68. The van der Waals surface area contributed by atoms with Crippen molar-refractivity contribution in [3.05, 3.63) is 64.7 Å². The van der Waals surface area contributed by atoms with E-state index >= 15 is 0 Å². The number of nitrogens with zero attached hydrogens (tertiary/aromatic N) is 1. The first-order valence-electron chi connectivity index (χ1n) is 10.2. The average Bonchev–Trinajstić information content (AvgIpc) is 2.77. The van der Waals surface area contributed by atoms with Gasteiger partial charge in [0.25, 0.3) is 0 Å². The van der Waals surface area contributed by atoms with Crippen LogP contribution < -0.4 is 5.32 Å². The fourth-order valence-corrected chi connectivity index (χ4v) is 5.41. The summed E-state index contributed by atoms with van der Waals surface area (Å²) in [5.41, 5.74) is -0.0862. The second-order valence-corrected chi connectivity index (χ2v) is 10.2. The van der Waals surface area contributed by atoms with Gasteiger partial charge < -0.3 is 5.32 Å². The molecule has 1 atom stereocenters. The van der Waals surface area contributed by atoms with E-state index in [1.54, 1.807) is 0 Å². The Hall–Kier alpha value is -2.10. The van der Waals surface area contributed by atoms with Gasteiger partial charge >= 0.3 is 6.18 Å². The number of alkyl halides is 3. The first kappa shape index (κ1) is 24.5. The number of benzene rings is 2. The number of amides is 1. The molecule has 2 aromatic carbocycles. The number of halogens is 4. The van der Waals surface area contributed by atoms with Crippen LogP contribution in [0.4, 0.5) is 13.2 Å².